The van der Waals surface area contributed by atoms with Crippen molar-refractivity contribution in [1.82, 2.24) is 0 Å². The molecule has 0 unspecified atom stereocenters. The topological polar surface area (TPSA) is 38.7 Å². The van der Waals surface area contributed by atoms with Crippen molar-refractivity contribution < 1.29 is 14.6 Å². The van der Waals surface area contributed by atoms with E-state index in [1.165, 1.54) is 14.2 Å². The molecule has 72 valence electrons. The first-order valence-corrected chi connectivity index (χ1v) is 4.26. The van der Waals surface area contributed by atoms with Gasteiger partial charge in [0.1, 0.15) is 0 Å². The smallest absolute Gasteiger partial charge is 0.200 e. The lowest BCUT2D eigenvalue weighted by molar-refractivity contribution is 0.339. The third-order valence-electron chi connectivity index (χ3n) is 1.69. The molecule has 0 fully saturated rings. The van der Waals surface area contributed by atoms with Crippen LogP contribution in [0.15, 0.2) is 12.1 Å². The van der Waals surface area contributed by atoms with Crippen LogP contribution in [-0.2, 0) is 5.88 Å². The lowest BCUT2D eigenvalue weighted by Crippen LogP contribution is -1.91. The number of phenolic OH excluding ortho intramolecular Hbond substituents is 1. The summed E-state index contributed by atoms with van der Waals surface area (Å²) in [6, 6.07) is 3.34. The number of benzene rings is 1. The highest BCUT2D eigenvalue weighted by Gasteiger charge is 2.10. The number of phenols is 1. The maximum Gasteiger partial charge on any atom is 0.200 e. The molecule has 1 rings (SSSR count). The van der Waals surface area contributed by atoms with Crippen molar-refractivity contribution >= 4 is 11.6 Å². The van der Waals surface area contributed by atoms with Crippen LogP contribution in [0.2, 0.25) is 0 Å². The third kappa shape index (κ3) is 1.98. The van der Waals surface area contributed by atoms with Crippen LogP contribution in [-0.4, -0.2) is 19.3 Å². The normalized spacial score (nSPS) is 9.77. The SMILES string of the molecule is COc1cc(CCl)cc(OC)c1O. The number of hydrogen-bond donors (Lipinski definition) is 1. The fourth-order valence-electron chi connectivity index (χ4n) is 1.02. The summed E-state index contributed by atoms with van der Waals surface area (Å²) in [5, 5.41) is 9.52. The molecular formula is C9H11ClO3. The molecule has 0 aromatic heterocycles. The van der Waals surface area contributed by atoms with Gasteiger partial charge in [0, 0.05) is 5.88 Å². The molecule has 0 heterocycles. The second-order valence-electron chi connectivity index (χ2n) is 2.48. The van der Waals surface area contributed by atoms with E-state index in [1.54, 1.807) is 12.1 Å². The Hall–Kier alpha value is -1.09. The van der Waals surface area contributed by atoms with Crippen molar-refractivity contribution in [1.29, 1.82) is 0 Å². The molecular weight excluding hydrogens is 192 g/mol. The van der Waals surface area contributed by atoms with E-state index in [4.69, 9.17) is 21.1 Å². The van der Waals surface area contributed by atoms with Gasteiger partial charge in [0.15, 0.2) is 11.5 Å². The van der Waals surface area contributed by atoms with Gasteiger partial charge in [-0.3, -0.25) is 0 Å². The highest BCUT2D eigenvalue weighted by Crippen LogP contribution is 2.37. The van der Waals surface area contributed by atoms with E-state index in [-0.39, 0.29) is 5.75 Å². The molecule has 0 radical (unpaired) electrons. The zero-order chi connectivity index (χ0) is 9.84. The first-order chi connectivity index (χ1) is 6.22. The fourth-order valence-corrected chi connectivity index (χ4v) is 1.18. The molecule has 0 aliphatic carbocycles. The Morgan fingerprint density at radius 3 is 2.00 bits per heavy atom. The van der Waals surface area contributed by atoms with Gasteiger partial charge in [-0.2, -0.15) is 0 Å². The Morgan fingerprint density at radius 2 is 1.69 bits per heavy atom. The van der Waals surface area contributed by atoms with Crippen LogP contribution >= 0.6 is 11.6 Å². The summed E-state index contributed by atoms with van der Waals surface area (Å²) in [7, 11) is 2.96. The highest BCUT2D eigenvalue weighted by atomic mass is 35.5. The Kier molecular flexibility index (Phi) is 3.25. The Balaban J connectivity index is 3.20. The van der Waals surface area contributed by atoms with Crippen molar-refractivity contribution in [2.75, 3.05) is 14.2 Å². The number of alkyl halides is 1. The number of ether oxygens (including phenoxy) is 2. The van der Waals surface area contributed by atoms with E-state index in [0.717, 1.165) is 5.56 Å². The molecule has 0 bridgehead atoms. The lowest BCUT2D eigenvalue weighted by Gasteiger charge is -2.09. The molecule has 1 N–H and O–H groups in total. The molecule has 0 saturated heterocycles. The molecule has 3 nitrogen and oxygen atoms in total. The lowest BCUT2D eigenvalue weighted by atomic mass is 10.2. The van der Waals surface area contributed by atoms with Crippen LogP contribution in [0.4, 0.5) is 0 Å². The summed E-state index contributed by atoms with van der Waals surface area (Å²) in [5.41, 5.74) is 0.841. The van der Waals surface area contributed by atoms with Crippen molar-refractivity contribution in [3.05, 3.63) is 17.7 Å². The maximum absolute atomic E-state index is 9.52. The quantitative estimate of drug-likeness (QED) is 0.764. The number of aromatic hydroxyl groups is 1. The van der Waals surface area contributed by atoms with Gasteiger partial charge in [-0.25, -0.2) is 0 Å². The maximum atomic E-state index is 9.52. The third-order valence-corrected chi connectivity index (χ3v) is 2.00. The Labute approximate surface area is 81.9 Å². The van der Waals surface area contributed by atoms with Gasteiger partial charge in [0.2, 0.25) is 5.75 Å². The van der Waals surface area contributed by atoms with Gasteiger partial charge in [-0.15, -0.1) is 11.6 Å². The van der Waals surface area contributed by atoms with E-state index in [0.29, 0.717) is 17.4 Å². The van der Waals surface area contributed by atoms with E-state index in [9.17, 15) is 5.11 Å². The molecule has 1 aromatic carbocycles. The van der Waals surface area contributed by atoms with Gasteiger partial charge in [0.25, 0.3) is 0 Å². The monoisotopic (exact) mass is 202 g/mol. The molecule has 13 heavy (non-hydrogen) atoms. The first kappa shape index (κ1) is 9.99. The van der Waals surface area contributed by atoms with Crippen LogP contribution in [0.5, 0.6) is 17.2 Å². The van der Waals surface area contributed by atoms with Gasteiger partial charge < -0.3 is 14.6 Å². The highest BCUT2D eigenvalue weighted by molar-refractivity contribution is 6.17. The van der Waals surface area contributed by atoms with Crippen LogP contribution in [0.1, 0.15) is 5.56 Å². The standard InChI is InChI=1S/C9H11ClO3/c1-12-7-3-6(5-10)4-8(13-2)9(7)11/h3-4,11H,5H2,1-2H3. The molecule has 0 atom stereocenters. The zero-order valence-corrected chi connectivity index (χ0v) is 8.26. The number of halogens is 1. The van der Waals surface area contributed by atoms with E-state index in [2.05, 4.69) is 0 Å². The van der Waals surface area contributed by atoms with Crippen molar-refractivity contribution in [3.8, 4) is 17.2 Å². The second kappa shape index (κ2) is 4.23. The summed E-state index contributed by atoms with van der Waals surface area (Å²) in [5.74, 6) is 1.09. The minimum Gasteiger partial charge on any atom is -0.502 e. The van der Waals surface area contributed by atoms with Crippen molar-refractivity contribution in [3.63, 3.8) is 0 Å². The Morgan fingerprint density at radius 1 is 1.23 bits per heavy atom. The molecule has 0 saturated carbocycles. The molecule has 4 heteroatoms. The average Bonchev–Trinajstić information content (AvgIpc) is 2.18. The summed E-state index contributed by atoms with van der Waals surface area (Å²) < 4.78 is 9.88. The molecule has 1 aromatic rings. The van der Waals surface area contributed by atoms with Gasteiger partial charge in [-0.05, 0) is 17.7 Å². The summed E-state index contributed by atoms with van der Waals surface area (Å²) >= 11 is 5.64. The first-order valence-electron chi connectivity index (χ1n) is 3.72. The average molecular weight is 203 g/mol. The number of rotatable bonds is 3. The van der Waals surface area contributed by atoms with Crippen LogP contribution in [0.25, 0.3) is 0 Å². The fraction of sp³-hybridized carbons (Fsp3) is 0.333. The largest absolute Gasteiger partial charge is 0.502 e. The van der Waals surface area contributed by atoms with Gasteiger partial charge in [0.05, 0.1) is 14.2 Å². The van der Waals surface area contributed by atoms with Gasteiger partial charge in [-0.1, -0.05) is 0 Å². The van der Waals surface area contributed by atoms with Crippen LogP contribution < -0.4 is 9.47 Å². The van der Waals surface area contributed by atoms with E-state index >= 15 is 0 Å². The van der Waals surface area contributed by atoms with Crippen LogP contribution in [0.3, 0.4) is 0 Å². The minimum atomic E-state index is -0.00105. The molecule has 0 spiro atoms. The zero-order valence-electron chi connectivity index (χ0n) is 7.50. The van der Waals surface area contributed by atoms with Crippen molar-refractivity contribution in [2.24, 2.45) is 0 Å². The second-order valence-corrected chi connectivity index (χ2v) is 2.75. The predicted octanol–water partition coefficient (Wildman–Crippen LogP) is 2.15. The molecule has 0 aliphatic heterocycles. The minimum absolute atomic E-state index is 0.00105. The van der Waals surface area contributed by atoms with Crippen LogP contribution in [0, 0.1) is 0 Å². The van der Waals surface area contributed by atoms with Crippen molar-refractivity contribution in [2.45, 2.75) is 5.88 Å². The summed E-state index contributed by atoms with van der Waals surface area (Å²) in [4.78, 5) is 0. The number of hydrogen-bond acceptors (Lipinski definition) is 3. The molecule has 0 aliphatic rings. The van der Waals surface area contributed by atoms with Gasteiger partial charge >= 0.3 is 0 Å². The predicted molar refractivity (Wildman–Crippen MR) is 50.8 cm³/mol. The Bertz CT molecular complexity index is 274. The van der Waals surface area contributed by atoms with E-state index in [1.807, 2.05) is 0 Å². The summed E-state index contributed by atoms with van der Waals surface area (Å²) in [6.45, 7) is 0. The number of methoxy groups -OCH3 is 2. The van der Waals surface area contributed by atoms with E-state index < -0.39 is 0 Å². The summed E-state index contributed by atoms with van der Waals surface area (Å²) in [6.07, 6.45) is 0. The molecule has 0 amide bonds.